The second-order valence-corrected chi connectivity index (χ2v) is 7.86. The third-order valence-electron chi connectivity index (χ3n) is 4.91. The third kappa shape index (κ3) is 6.40. The maximum atomic E-state index is 6.35. The standard InChI is InChI=1S/C25H27Cl2NO2/c1-29-24-16-22(27)15-21(25(24)30-18-19-9-4-2-5-10-19)17-28-23(13-8-14-26)20-11-6-3-7-12-20/h2-7,9-12,15-16,23,28H,8,13-14,17-18H2,1H3. The van der Waals surface area contributed by atoms with E-state index in [1.54, 1.807) is 13.2 Å². The van der Waals surface area contributed by atoms with Gasteiger partial charge in [-0.2, -0.15) is 0 Å². The van der Waals surface area contributed by atoms with Gasteiger partial charge in [0.1, 0.15) is 6.61 Å². The first-order chi connectivity index (χ1) is 14.7. The van der Waals surface area contributed by atoms with Crippen LogP contribution < -0.4 is 14.8 Å². The number of hydrogen-bond acceptors (Lipinski definition) is 3. The molecule has 0 saturated heterocycles. The van der Waals surface area contributed by atoms with Crippen molar-refractivity contribution < 1.29 is 9.47 Å². The van der Waals surface area contributed by atoms with Gasteiger partial charge in [0.15, 0.2) is 11.5 Å². The Morgan fingerprint density at radius 2 is 1.67 bits per heavy atom. The lowest BCUT2D eigenvalue weighted by Gasteiger charge is -2.21. The van der Waals surface area contributed by atoms with E-state index in [2.05, 4.69) is 29.6 Å². The minimum absolute atomic E-state index is 0.192. The highest BCUT2D eigenvalue weighted by atomic mass is 35.5. The molecule has 0 saturated carbocycles. The van der Waals surface area contributed by atoms with Gasteiger partial charge in [0, 0.05) is 35.1 Å². The summed E-state index contributed by atoms with van der Waals surface area (Å²) >= 11 is 12.3. The van der Waals surface area contributed by atoms with Gasteiger partial charge in [0.2, 0.25) is 0 Å². The quantitative estimate of drug-likeness (QED) is 0.331. The van der Waals surface area contributed by atoms with Crippen LogP contribution in [0.2, 0.25) is 5.02 Å². The minimum Gasteiger partial charge on any atom is -0.493 e. The summed E-state index contributed by atoms with van der Waals surface area (Å²) in [6.45, 7) is 1.06. The lowest BCUT2D eigenvalue weighted by molar-refractivity contribution is 0.280. The molecule has 3 aromatic carbocycles. The van der Waals surface area contributed by atoms with Gasteiger partial charge in [0.05, 0.1) is 7.11 Å². The van der Waals surface area contributed by atoms with Crippen LogP contribution in [0.5, 0.6) is 11.5 Å². The summed E-state index contributed by atoms with van der Waals surface area (Å²) in [4.78, 5) is 0. The molecule has 0 heterocycles. The van der Waals surface area contributed by atoms with Crippen LogP contribution in [-0.4, -0.2) is 13.0 Å². The Morgan fingerprint density at radius 3 is 2.33 bits per heavy atom. The maximum Gasteiger partial charge on any atom is 0.166 e. The van der Waals surface area contributed by atoms with Gasteiger partial charge in [-0.25, -0.2) is 0 Å². The lowest BCUT2D eigenvalue weighted by Crippen LogP contribution is -2.21. The molecule has 0 amide bonds. The molecule has 1 N–H and O–H groups in total. The lowest BCUT2D eigenvalue weighted by atomic mass is 10.0. The minimum atomic E-state index is 0.192. The summed E-state index contributed by atoms with van der Waals surface area (Å²) < 4.78 is 11.7. The van der Waals surface area contributed by atoms with Gasteiger partial charge in [-0.3, -0.25) is 0 Å². The molecule has 3 aromatic rings. The topological polar surface area (TPSA) is 30.5 Å². The van der Waals surface area contributed by atoms with Crippen LogP contribution in [0.1, 0.15) is 35.6 Å². The van der Waals surface area contributed by atoms with Crippen molar-refractivity contribution in [3.8, 4) is 11.5 Å². The van der Waals surface area contributed by atoms with E-state index in [1.807, 2.05) is 42.5 Å². The van der Waals surface area contributed by atoms with E-state index in [-0.39, 0.29) is 6.04 Å². The van der Waals surface area contributed by atoms with Crippen LogP contribution in [0.25, 0.3) is 0 Å². The van der Waals surface area contributed by atoms with Crippen LogP contribution in [-0.2, 0) is 13.2 Å². The Morgan fingerprint density at radius 1 is 0.967 bits per heavy atom. The summed E-state index contributed by atoms with van der Waals surface area (Å²) in [7, 11) is 1.63. The molecule has 0 aromatic heterocycles. The average Bonchev–Trinajstić information content (AvgIpc) is 2.79. The highest BCUT2D eigenvalue weighted by Gasteiger charge is 2.16. The van der Waals surface area contributed by atoms with Crippen LogP contribution in [0.4, 0.5) is 0 Å². The highest BCUT2D eigenvalue weighted by molar-refractivity contribution is 6.30. The van der Waals surface area contributed by atoms with Gasteiger partial charge < -0.3 is 14.8 Å². The monoisotopic (exact) mass is 443 g/mol. The van der Waals surface area contributed by atoms with Crippen LogP contribution in [0.15, 0.2) is 72.8 Å². The molecular formula is C25H27Cl2NO2. The molecule has 0 radical (unpaired) electrons. The Kier molecular flexibility index (Phi) is 8.88. The first-order valence-electron chi connectivity index (χ1n) is 10.1. The van der Waals surface area contributed by atoms with Crippen molar-refractivity contribution in [3.63, 3.8) is 0 Å². The van der Waals surface area contributed by atoms with E-state index in [0.717, 1.165) is 24.0 Å². The van der Waals surface area contributed by atoms with E-state index < -0.39 is 0 Å². The van der Waals surface area contributed by atoms with E-state index >= 15 is 0 Å². The zero-order valence-corrected chi connectivity index (χ0v) is 18.6. The van der Waals surface area contributed by atoms with E-state index in [4.69, 9.17) is 32.7 Å². The van der Waals surface area contributed by atoms with E-state index in [1.165, 1.54) is 5.56 Å². The second kappa shape index (κ2) is 11.8. The van der Waals surface area contributed by atoms with Crippen molar-refractivity contribution in [3.05, 3.63) is 94.5 Å². The number of benzene rings is 3. The fourth-order valence-corrected chi connectivity index (χ4v) is 3.77. The molecule has 3 rings (SSSR count). The molecule has 1 atom stereocenters. The van der Waals surface area contributed by atoms with Crippen LogP contribution >= 0.6 is 23.2 Å². The number of nitrogens with one attached hydrogen (secondary N) is 1. The van der Waals surface area contributed by atoms with E-state index in [0.29, 0.717) is 35.6 Å². The second-order valence-electron chi connectivity index (χ2n) is 7.05. The first-order valence-corrected chi connectivity index (χ1v) is 11.0. The number of methoxy groups -OCH3 is 1. The molecule has 158 valence electrons. The smallest absolute Gasteiger partial charge is 0.166 e. The van der Waals surface area contributed by atoms with Crippen LogP contribution in [0, 0.1) is 0 Å². The molecule has 0 spiro atoms. The third-order valence-corrected chi connectivity index (χ3v) is 5.40. The number of halogens is 2. The molecule has 0 bridgehead atoms. The predicted molar refractivity (Wildman–Crippen MR) is 125 cm³/mol. The van der Waals surface area contributed by atoms with E-state index in [9.17, 15) is 0 Å². The molecule has 30 heavy (non-hydrogen) atoms. The highest BCUT2D eigenvalue weighted by Crippen LogP contribution is 2.36. The van der Waals surface area contributed by atoms with Gasteiger partial charge in [-0.15, -0.1) is 11.6 Å². The van der Waals surface area contributed by atoms with Crippen LogP contribution in [0.3, 0.4) is 0 Å². The van der Waals surface area contributed by atoms with Crippen molar-refractivity contribution in [1.82, 2.24) is 5.32 Å². The fraction of sp³-hybridized carbons (Fsp3) is 0.280. The van der Waals surface area contributed by atoms with Crippen molar-refractivity contribution in [1.29, 1.82) is 0 Å². The zero-order valence-electron chi connectivity index (χ0n) is 17.1. The summed E-state index contributed by atoms with van der Waals surface area (Å²) in [6.07, 6.45) is 1.88. The van der Waals surface area contributed by atoms with Crippen molar-refractivity contribution in [2.24, 2.45) is 0 Å². The molecule has 0 aliphatic carbocycles. The summed E-state index contributed by atoms with van der Waals surface area (Å²) in [5.74, 6) is 1.98. The van der Waals surface area contributed by atoms with Gasteiger partial charge in [-0.1, -0.05) is 72.3 Å². The number of ether oxygens (including phenoxy) is 2. The summed E-state index contributed by atoms with van der Waals surface area (Å²) in [6, 6.07) is 24.4. The molecular weight excluding hydrogens is 417 g/mol. The largest absolute Gasteiger partial charge is 0.493 e. The van der Waals surface area contributed by atoms with Crippen molar-refractivity contribution >= 4 is 23.2 Å². The molecule has 1 unspecified atom stereocenters. The molecule has 0 aliphatic rings. The zero-order chi connectivity index (χ0) is 21.2. The first kappa shape index (κ1) is 22.5. The predicted octanol–water partition coefficient (Wildman–Crippen LogP) is 6.78. The molecule has 0 fully saturated rings. The molecule has 3 nitrogen and oxygen atoms in total. The number of alkyl halides is 1. The Balaban J connectivity index is 1.79. The van der Waals surface area contributed by atoms with Crippen molar-refractivity contribution in [2.75, 3.05) is 13.0 Å². The van der Waals surface area contributed by atoms with Gasteiger partial charge >= 0.3 is 0 Å². The van der Waals surface area contributed by atoms with Gasteiger partial charge in [0.25, 0.3) is 0 Å². The summed E-state index contributed by atoms with van der Waals surface area (Å²) in [5, 5.41) is 4.27. The normalized spacial score (nSPS) is 11.8. The number of hydrogen-bond donors (Lipinski definition) is 1. The van der Waals surface area contributed by atoms with Crippen molar-refractivity contribution in [2.45, 2.75) is 32.0 Å². The SMILES string of the molecule is COc1cc(Cl)cc(CNC(CCCCl)c2ccccc2)c1OCc1ccccc1. The Hall–Kier alpha value is -2.20. The summed E-state index contributed by atoms with van der Waals surface area (Å²) in [5.41, 5.74) is 3.29. The Labute approximate surface area is 188 Å². The average molecular weight is 444 g/mol. The number of rotatable bonds is 11. The molecule has 5 heteroatoms. The maximum absolute atomic E-state index is 6.35. The fourth-order valence-electron chi connectivity index (χ4n) is 3.39. The van der Waals surface area contributed by atoms with Gasteiger partial charge in [-0.05, 0) is 30.0 Å². The molecule has 0 aliphatic heterocycles. The Bertz CT molecular complexity index is 904.